The van der Waals surface area contributed by atoms with Gasteiger partial charge in [-0.05, 0) is 48.6 Å². The van der Waals surface area contributed by atoms with Gasteiger partial charge in [0, 0.05) is 12.1 Å². The molecule has 1 unspecified atom stereocenters. The zero-order chi connectivity index (χ0) is 13.2. The van der Waals surface area contributed by atoms with Crippen LogP contribution >= 0.6 is 0 Å². The molecule has 2 aromatic carbocycles. The second-order valence-corrected chi connectivity index (χ2v) is 5.36. The Morgan fingerprint density at radius 2 is 1.74 bits per heavy atom. The van der Waals surface area contributed by atoms with Crippen LogP contribution in [0.15, 0.2) is 48.5 Å². The molecule has 19 heavy (non-hydrogen) atoms. The normalized spacial score (nSPS) is 16.3. The van der Waals surface area contributed by atoms with Crippen LogP contribution in [-0.2, 0) is 12.8 Å². The van der Waals surface area contributed by atoms with Crippen LogP contribution in [0, 0.1) is 0 Å². The molecule has 0 aromatic heterocycles. The van der Waals surface area contributed by atoms with E-state index < -0.39 is 0 Å². The summed E-state index contributed by atoms with van der Waals surface area (Å²) in [6.45, 7) is 2.15. The average molecular weight is 253 g/mol. The van der Waals surface area contributed by atoms with E-state index in [2.05, 4.69) is 42.6 Å². The highest BCUT2D eigenvalue weighted by Crippen LogP contribution is 2.25. The van der Waals surface area contributed by atoms with Gasteiger partial charge in [-0.25, -0.2) is 0 Å². The highest BCUT2D eigenvalue weighted by molar-refractivity contribution is 5.34. The second-order valence-electron chi connectivity index (χ2n) is 5.36. The molecule has 0 aliphatic heterocycles. The van der Waals surface area contributed by atoms with Gasteiger partial charge in [0.15, 0.2) is 0 Å². The Bertz CT molecular complexity index is 554. The first kappa shape index (κ1) is 12.2. The highest BCUT2D eigenvalue weighted by Gasteiger charge is 2.22. The van der Waals surface area contributed by atoms with Gasteiger partial charge >= 0.3 is 0 Å². The SMILES string of the molecule is CC(NC1Cc2ccccc2C1)c1cccc(O)c1. The minimum Gasteiger partial charge on any atom is -0.508 e. The number of hydrogen-bond acceptors (Lipinski definition) is 2. The van der Waals surface area contributed by atoms with Crippen LogP contribution in [0.2, 0.25) is 0 Å². The Hall–Kier alpha value is -1.80. The van der Waals surface area contributed by atoms with Crippen LogP contribution in [0.4, 0.5) is 0 Å². The van der Waals surface area contributed by atoms with E-state index in [9.17, 15) is 5.11 Å². The number of nitrogens with one attached hydrogen (secondary N) is 1. The number of phenolic OH excluding ortho intramolecular Hbond substituents is 1. The number of benzene rings is 2. The molecule has 2 aromatic rings. The first-order valence-corrected chi connectivity index (χ1v) is 6.84. The third-order valence-corrected chi connectivity index (χ3v) is 3.91. The predicted octanol–water partition coefficient (Wildman–Crippen LogP) is 3.21. The molecular weight excluding hydrogens is 234 g/mol. The lowest BCUT2D eigenvalue weighted by Gasteiger charge is -2.19. The summed E-state index contributed by atoms with van der Waals surface area (Å²) in [7, 11) is 0. The summed E-state index contributed by atoms with van der Waals surface area (Å²) in [5.41, 5.74) is 4.06. The van der Waals surface area contributed by atoms with Crippen LogP contribution < -0.4 is 5.32 Å². The van der Waals surface area contributed by atoms with Crippen LogP contribution in [0.5, 0.6) is 5.75 Å². The number of fused-ring (bicyclic) bond motifs is 1. The topological polar surface area (TPSA) is 32.3 Å². The van der Waals surface area contributed by atoms with Gasteiger partial charge in [-0.3, -0.25) is 0 Å². The summed E-state index contributed by atoms with van der Waals surface area (Å²) in [4.78, 5) is 0. The van der Waals surface area contributed by atoms with E-state index in [0.717, 1.165) is 18.4 Å². The number of aromatic hydroxyl groups is 1. The number of rotatable bonds is 3. The van der Waals surface area contributed by atoms with Crippen molar-refractivity contribution in [1.82, 2.24) is 5.32 Å². The quantitative estimate of drug-likeness (QED) is 0.880. The standard InChI is InChI=1S/C17H19NO/c1-12(13-7-4-8-17(19)11-13)18-16-9-14-5-2-3-6-15(14)10-16/h2-8,11-12,16,18-19H,9-10H2,1H3. The van der Waals surface area contributed by atoms with Gasteiger partial charge in [-0.1, -0.05) is 36.4 Å². The molecule has 1 atom stereocenters. The van der Waals surface area contributed by atoms with Crippen molar-refractivity contribution < 1.29 is 5.11 Å². The Balaban J connectivity index is 1.67. The monoisotopic (exact) mass is 253 g/mol. The molecule has 0 amide bonds. The Morgan fingerprint density at radius 1 is 1.05 bits per heavy atom. The van der Waals surface area contributed by atoms with Crippen molar-refractivity contribution in [1.29, 1.82) is 0 Å². The smallest absolute Gasteiger partial charge is 0.115 e. The number of phenols is 1. The molecule has 0 bridgehead atoms. The number of hydrogen-bond donors (Lipinski definition) is 2. The molecule has 1 aliphatic rings. The average Bonchev–Trinajstić information content (AvgIpc) is 2.80. The summed E-state index contributed by atoms with van der Waals surface area (Å²) in [6, 6.07) is 16.9. The zero-order valence-electron chi connectivity index (χ0n) is 11.1. The van der Waals surface area contributed by atoms with Crippen molar-refractivity contribution in [2.75, 3.05) is 0 Å². The maximum Gasteiger partial charge on any atom is 0.115 e. The lowest BCUT2D eigenvalue weighted by atomic mass is 10.1. The fraction of sp³-hybridized carbons (Fsp3) is 0.294. The minimum absolute atomic E-state index is 0.256. The fourth-order valence-electron chi connectivity index (χ4n) is 2.92. The van der Waals surface area contributed by atoms with Gasteiger partial charge in [-0.15, -0.1) is 0 Å². The summed E-state index contributed by atoms with van der Waals surface area (Å²) in [6.07, 6.45) is 2.19. The van der Waals surface area contributed by atoms with Crippen LogP contribution in [0.1, 0.15) is 29.7 Å². The van der Waals surface area contributed by atoms with Gasteiger partial charge in [0.1, 0.15) is 5.75 Å². The molecule has 2 heteroatoms. The molecule has 0 saturated carbocycles. The molecule has 3 rings (SSSR count). The first-order valence-electron chi connectivity index (χ1n) is 6.84. The Morgan fingerprint density at radius 3 is 2.37 bits per heavy atom. The molecule has 1 aliphatic carbocycles. The van der Waals surface area contributed by atoms with E-state index in [1.54, 1.807) is 6.07 Å². The van der Waals surface area contributed by atoms with Gasteiger partial charge < -0.3 is 10.4 Å². The summed E-state index contributed by atoms with van der Waals surface area (Å²) in [5.74, 6) is 0.334. The van der Waals surface area contributed by atoms with Gasteiger partial charge in [0.25, 0.3) is 0 Å². The van der Waals surface area contributed by atoms with Gasteiger partial charge in [0.05, 0.1) is 0 Å². The van der Waals surface area contributed by atoms with Crippen LogP contribution in [0.3, 0.4) is 0 Å². The van der Waals surface area contributed by atoms with E-state index in [-0.39, 0.29) is 6.04 Å². The lowest BCUT2D eigenvalue weighted by Crippen LogP contribution is -2.32. The largest absolute Gasteiger partial charge is 0.508 e. The molecule has 0 fully saturated rings. The summed E-state index contributed by atoms with van der Waals surface area (Å²) >= 11 is 0. The predicted molar refractivity (Wildman–Crippen MR) is 77.3 cm³/mol. The van der Waals surface area contributed by atoms with Gasteiger partial charge in [-0.2, -0.15) is 0 Å². The van der Waals surface area contributed by atoms with Crippen molar-refractivity contribution in [3.63, 3.8) is 0 Å². The van der Waals surface area contributed by atoms with E-state index in [0.29, 0.717) is 11.8 Å². The first-order chi connectivity index (χ1) is 9.22. The van der Waals surface area contributed by atoms with E-state index >= 15 is 0 Å². The molecule has 0 heterocycles. The highest BCUT2D eigenvalue weighted by atomic mass is 16.3. The molecule has 0 radical (unpaired) electrons. The zero-order valence-corrected chi connectivity index (χ0v) is 11.1. The van der Waals surface area contributed by atoms with Gasteiger partial charge in [0.2, 0.25) is 0 Å². The molecule has 2 nitrogen and oxygen atoms in total. The Labute approximate surface area is 114 Å². The van der Waals surface area contributed by atoms with E-state index in [1.165, 1.54) is 11.1 Å². The molecule has 0 saturated heterocycles. The minimum atomic E-state index is 0.256. The lowest BCUT2D eigenvalue weighted by molar-refractivity contribution is 0.456. The van der Waals surface area contributed by atoms with Crippen molar-refractivity contribution in [3.8, 4) is 5.75 Å². The molecule has 2 N–H and O–H groups in total. The fourth-order valence-corrected chi connectivity index (χ4v) is 2.92. The maximum atomic E-state index is 9.54. The van der Waals surface area contributed by atoms with Crippen molar-refractivity contribution in [2.24, 2.45) is 0 Å². The Kier molecular flexibility index (Phi) is 3.26. The summed E-state index contributed by atoms with van der Waals surface area (Å²) in [5, 5.41) is 13.2. The second kappa shape index (κ2) is 5.06. The molecular formula is C17H19NO. The third-order valence-electron chi connectivity index (χ3n) is 3.91. The van der Waals surface area contributed by atoms with Crippen LogP contribution in [0.25, 0.3) is 0 Å². The van der Waals surface area contributed by atoms with E-state index in [4.69, 9.17) is 0 Å². The van der Waals surface area contributed by atoms with Crippen LogP contribution in [-0.4, -0.2) is 11.1 Å². The van der Waals surface area contributed by atoms with Crippen molar-refractivity contribution in [2.45, 2.75) is 31.8 Å². The van der Waals surface area contributed by atoms with E-state index in [1.807, 2.05) is 12.1 Å². The maximum absolute atomic E-state index is 9.54. The van der Waals surface area contributed by atoms with Crippen molar-refractivity contribution in [3.05, 3.63) is 65.2 Å². The molecule has 0 spiro atoms. The summed E-state index contributed by atoms with van der Waals surface area (Å²) < 4.78 is 0. The van der Waals surface area contributed by atoms with Crippen molar-refractivity contribution >= 4 is 0 Å². The molecule has 98 valence electrons. The third kappa shape index (κ3) is 2.64.